The molecular formula is C19H20FN3O3. The van der Waals surface area contributed by atoms with Crippen molar-refractivity contribution in [1.82, 2.24) is 15.3 Å². The van der Waals surface area contributed by atoms with Gasteiger partial charge in [0.15, 0.2) is 0 Å². The number of H-pyrrole nitrogens is 1. The van der Waals surface area contributed by atoms with Crippen LogP contribution in [0.4, 0.5) is 4.39 Å². The van der Waals surface area contributed by atoms with Crippen molar-refractivity contribution in [3.8, 4) is 11.5 Å². The van der Waals surface area contributed by atoms with E-state index >= 15 is 0 Å². The summed E-state index contributed by atoms with van der Waals surface area (Å²) in [5.74, 6) is 1.56. The number of nitrogens with one attached hydrogen (secondary N) is 2. The highest BCUT2D eigenvalue weighted by atomic mass is 19.1. The standard InChI is InChI=1S/C19H20FN3O3/c1-25-14-5-3-12(17(11-14)26-2)9-19(24)21-8-7-18-22-15-6-4-13(20)10-16(15)23-18/h3-6,10-11H,7-9H2,1-2H3,(H,21,24)(H,22,23). The average molecular weight is 357 g/mol. The number of halogens is 1. The molecule has 0 fully saturated rings. The first-order chi connectivity index (χ1) is 12.6. The van der Waals surface area contributed by atoms with Crippen LogP contribution in [0.25, 0.3) is 11.0 Å². The fourth-order valence-electron chi connectivity index (χ4n) is 2.71. The van der Waals surface area contributed by atoms with E-state index in [0.717, 1.165) is 5.56 Å². The van der Waals surface area contributed by atoms with Gasteiger partial charge in [-0.15, -0.1) is 0 Å². The number of methoxy groups -OCH3 is 2. The average Bonchev–Trinajstić information content (AvgIpc) is 3.03. The molecule has 136 valence electrons. The van der Waals surface area contributed by atoms with Gasteiger partial charge in [0, 0.05) is 24.6 Å². The molecule has 0 bridgehead atoms. The summed E-state index contributed by atoms with van der Waals surface area (Å²) in [6, 6.07) is 9.75. The SMILES string of the molecule is COc1ccc(CC(=O)NCCc2nc3ccc(F)cc3[nH]2)c(OC)c1. The van der Waals surface area contributed by atoms with Crippen LogP contribution in [0.15, 0.2) is 36.4 Å². The van der Waals surface area contributed by atoms with E-state index in [1.807, 2.05) is 6.07 Å². The van der Waals surface area contributed by atoms with Crippen LogP contribution in [0, 0.1) is 5.82 Å². The molecule has 0 aliphatic rings. The third-order valence-electron chi connectivity index (χ3n) is 4.02. The molecule has 3 aromatic rings. The summed E-state index contributed by atoms with van der Waals surface area (Å²) in [6.45, 7) is 0.430. The maximum atomic E-state index is 13.2. The maximum Gasteiger partial charge on any atom is 0.224 e. The number of ether oxygens (including phenoxy) is 2. The second-order valence-electron chi connectivity index (χ2n) is 5.80. The van der Waals surface area contributed by atoms with E-state index in [1.165, 1.54) is 12.1 Å². The lowest BCUT2D eigenvalue weighted by Gasteiger charge is -2.10. The highest BCUT2D eigenvalue weighted by Crippen LogP contribution is 2.24. The van der Waals surface area contributed by atoms with Gasteiger partial charge < -0.3 is 19.8 Å². The van der Waals surface area contributed by atoms with Gasteiger partial charge in [0.05, 0.1) is 31.7 Å². The van der Waals surface area contributed by atoms with Crippen molar-refractivity contribution >= 4 is 16.9 Å². The van der Waals surface area contributed by atoms with Gasteiger partial charge in [-0.2, -0.15) is 0 Å². The molecule has 1 heterocycles. The molecule has 7 heteroatoms. The smallest absolute Gasteiger partial charge is 0.224 e. The van der Waals surface area contributed by atoms with E-state index in [2.05, 4.69) is 15.3 Å². The van der Waals surface area contributed by atoms with Gasteiger partial charge in [0.25, 0.3) is 0 Å². The summed E-state index contributed by atoms with van der Waals surface area (Å²) in [6.07, 6.45) is 0.736. The maximum absolute atomic E-state index is 13.2. The number of carbonyl (C=O) groups is 1. The van der Waals surface area contributed by atoms with Gasteiger partial charge in [-0.1, -0.05) is 6.07 Å². The van der Waals surface area contributed by atoms with E-state index in [0.29, 0.717) is 41.3 Å². The monoisotopic (exact) mass is 357 g/mol. The molecule has 3 rings (SSSR count). The molecule has 0 atom stereocenters. The summed E-state index contributed by atoms with van der Waals surface area (Å²) < 4.78 is 23.6. The zero-order valence-electron chi connectivity index (χ0n) is 14.6. The molecule has 1 aromatic heterocycles. The summed E-state index contributed by atoms with van der Waals surface area (Å²) in [5, 5.41) is 2.86. The Morgan fingerprint density at radius 3 is 2.81 bits per heavy atom. The number of benzene rings is 2. The molecule has 1 amide bonds. The topological polar surface area (TPSA) is 76.2 Å². The third kappa shape index (κ3) is 4.11. The van der Waals surface area contributed by atoms with Gasteiger partial charge in [0.2, 0.25) is 5.91 Å². The first-order valence-corrected chi connectivity index (χ1v) is 8.21. The van der Waals surface area contributed by atoms with E-state index < -0.39 is 0 Å². The second-order valence-corrected chi connectivity index (χ2v) is 5.80. The molecule has 2 N–H and O–H groups in total. The number of amides is 1. The van der Waals surface area contributed by atoms with Crippen molar-refractivity contribution in [2.24, 2.45) is 0 Å². The molecule has 0 aliphatic carbocycles. The van der Waals surface area contributed by atoms with Gasteiger partial charge in [-0.05, 0) is 24.3 Å². The van der Waals surface area contributed by atoms with Crippen LogP contribution in [0.5, 0.6) is 11.5 Å². The predicted octanol–water partition coefficient (Wildman–Crippen LogP) is 2.62. The fraction of sp³-hybridized carbons (Fsp3) is 0.263. The van der Waals surface area contributed by atoms with E-state index in [1.54, 1.807) is 32.4 Å². The Morgan fingerprint density at radius 2 is 2.04 bits per heavy atom. The summed E-state index contributed by atoms with van der Waals surface area (Å²) in [5.41, 5.74) is 2.13. The zero-order chi connectivity index (χ0) is 18.5. The summed E-state index contributed by atoms with van der Waals surface area (Å²) in [4.78, 5) is 19.6. The molecule has 0 radical (unpaired) electrons. The van der Waals surface area contributed by atoms with E-state index in [4.69, 9.17) is 9.47 Å². The van der Waals surface area contributed by atoms with Crippen molar-refractivity contribution in [1.29, 1.82) is 0 Å². The highest BCUT2D eigenvalue weighted by Gasteiger charge is 2.10. The van der Waals surface area contributed by atoms with Gasteiger partial charge >= 0.3 is 0 Å². The number of imidazole rings is 1. The number of hydrogen-bond acceptors (Lipinski definition) is 4. The Hall–Kier alpha value is -3.09. The Balaban J connectivity index is 1.55. The quantitative estimate of drug-likeness (QED) is 0.682. The van der Waals surface area contributed by atoms with Crippen molar-refractivity contribution < 1.29 is 18.7 Å². The fourth-order valence-corrected chi connectivity index (χ4v) is 2.71. The van der Waals surface area contributed by atoms with E-state index in [-0.39, 0.29) is 18.1 Å². The molecule has 0 spiro atoms. The van der Waals surface area contributed by atoms with Crippen LogP contribution in [0.2, 0.25) is 0 Å². The van der Waals surface area contributed by atoms with Crippen LogP contribution in [-0.2, 0) is 17.6 Å². The third-order valence-corrected chi connectivity index (χ3v) is 4.02. The van der Waals surface area contributed by atoms with Gasteiger partial charge in [-0.3, -0.25) is 4.79 Å². The zero-order valence-corrected chi connectivity index (χ0v) is 14.6. The number of hydrogen-bond donors (Lipinski definition) is 2. The number of nitrogens with zero attached hydrogens (tertiary/aromatic N) is 1. The molecular weight excluding hydrogens is 337 g/mol. The minimum absolute atomic E-state index is 0.115. The minimum atomic E-state index is -0.311. The molecule has 0 unspecified atom stereocenters. The lowest BCUT2D eigenvalue weighted by Crippen LogP contribution is -2.27. The Bertz CT molecular complexity index is 924. The molecule has 0 aliphatic heterocycles. The molecule has 6 nitrogen and oxygen atoms in total. The summed E-state index contributed by atoms with van der Waals surface area (Å²) >= 11 is 0. The van der Waals surface area contributed by atoms with Crippen molar-refractivity contribution in [2.75, 3.05) is 20.8 Å². The summed E-state index contributed by atoms with van der Waals surface area (Å²) in [7, 11) is 3.13. The van der Waals surface area contributed by atoms with E-state index in [9.17, 15) is 9.18 Å². The molecule has 0 saturated heterocycles. The number of aromatic amines is 1. The lowest BCUT2D eigenvalue weighted by molar-refractivity contribution is -0.120. The lowest BCUT2D eigenvalue weighted by atomic mass is 10.1. The van der Waals surface area contributed by atoms with Crippen LogP contribution in [0.3, 0.4) is 0 Å². The molecule has 2 aromatic carbocycles. The second kappa shape index (κ2) is 7.86. The normalized spacial score (nSPS) is 10.7. The Morgan fingerprint density at radius 1 is 1.19 bits per heavy atom. The molecule has 0 saturated carbocycles. The largest absolute Gasteiger partial charge is 0.497 e. The number of aromatic nitrogens is 2. The van der Waals surface area contributed by atoms with Crippen LogP contribution in [0.1, 0.15) is 11.4 Å². The molecule has 26 heavy (non-hydrogen) atoms. The number of rotatable bonds is 7. The van der Waals surface area contributed by atoms with Gasteiger partial charge in [-0.25, -0.2) is 9.37 Å². The first kappa shape index (κ1) is 17.7. The predicted molar refractivity (Wildman–Crippen MR) is 96.0 cm³/mol. The first-order valence-electron chi connectivity index (χ1n) is 8.21. The Labute approximate surface area is 150 Å². The Kier molecular flexibility index (Phi) is 5.36. The van der Waals surface area contributed by atoms with Crippen LogP contribution < -0.4 is 14.8 Å². The minimum Gasteiger partial charge on any atom is -0.497 e. The number of carbonyl (C=O) groups excluding carboxylic acids is 1. The van der Waals surface area contributed by atoms with Crippen LogP contribution in [-0.4, -0.2) is 36.6 Å². The highest BCUT2D eigenvalue weighted by molar-refractivity contribution is 5.79. The van der Waals surface area contributed by atoms with Gasteiger partial charge in [0.1, 0.15) is 23.1 Å². The van der Waals surface area contributed by atoms with Crippen molar-refractivity contribution in [3.63, 3.8) is 0 Å². The van der Waals surface area contributed by atoms with Crippen molar-refractivity contribution in [3.05, 3.63) is 53.6 Å². The van der Waals surface area contributed by atoms with Crippen molar-refractivity contribution in [2.45, 2.75) is 12.8 Å². The van der Waals surface area contributed by atoms with Crippen LogP contribution >= 0.6 is 0 Å². The number of fused-ring (bicyclic) bond motifs is 1.